The second-order valence-electron chi connectivity index (χ2n) is 6.37. The van der Waals surface area contributed by atoms with E-state index in [2.05, 4.69) is 10.2 Å². The Labute approximate surface area is 139 Å². The molecule has 2 rings (SSSR count). The van der Waals surface area contributed by atoms with E-state index in [4.69, 9.17) is 4.74 Å². The lowest BCUT2D eigenvalue weighted by Crippen LogP contribution is -2.43. The number of carbonyl (C=O) groups is 1. The van der Waals surface area contributed by atoms with Crippen molar-refractivity contribution in [2.75, 3.05) is 52.2 Å². The third kappa shape index (κ3) is 6.37. The van der Waals surface area contributed by atoms with E-state index in [1.807, 2.05) is 0 Å². The van der Waals surface area contributed by atoms with Gasteiger partial charge in [0.1, 0.15) is 0 Å². The number of carbonyl (C=O) groups excluding carboxylic acids is 1. The fourth-order valence-corrected chi connectivity index (χ4v) is 4.47. The number of hydrogen-bond donors (Lipinski definition) is 1. The van der Waals surface area contributed by atoms with E-state index < -0.39 is 10.0 Å². The van der Waals surface area contributed by atoms with Gasteiger partial charge < -0.3 is 10.1 Å². The molecule has 0 atom stereocenters. The summed E-state index contributed by atoms with van der Waals surface area (Å²) in [6.45, 7) is 5.00. The molecule has 1 amide bonds. The van der Waals surface area contributed by atoms with E-state index in [1.165, 1.54) is 10.6 Å². The van der Waals surface area contributed by atoms with Gasteiger partial charge in [0.15, 0.2) is 0 Å². The highest BCUT2D eigenvalue weighted by molar-refractivity contribution is 7.88. The van der Waals surface area contributed by atoms with Crippen molar-refractivity contribution in [3.63, 3.8) is 0 Å². The van der Waals surface area contributed by atoms with Crippen molar-refractivity contribution < 1.29 is 17.9 Å². The van der Waals surface area contributed by atoms with Gasteiger partial charge in [-0.15, -0.1) is 0 Å². The lowest BCUT2D eigenvalue weighted by Gasteiger charge is -2.27. The van der Waals surface area contributed by atoms with Crippen LogP contribution in [-0.4, -0.2) is 81.8 Å². The molecule has 0 radical (unpaired) electrons. The summed E-state index contributed by atoms with van der Waals surface area (Å²) in [5, 5.41) is 2.88. The summed E-state index contributed by atoms with van der Waals surface area (Å²) in [7, 11) is -3.25. The lowest BCUT2D eigenvalue weighted by molar-refractivity contribution is -0.121. The van der Waals surface area contributed by atoms with Gasteiger partial charge in [-0.1, -0.05) is 12.8 Å². The molecule has 134 valence electrons. The summed E-state index contributed by atoms with van der Waals surface area (Å²) in [4.78, 5) is 14.2. The first kappa shape index (κ1) is 18.6. The summed E-state index contributed by atoms with van der Waals surface area (Å²) >= 11 is 0. The number of nitrogens with one attached hydrogen (secondary N) is 1. The summed E-state index contributed by atoms with van der Waals surface area (Å²) < 4.78 is 30.7. The molecule has 8 heteroatoms. The van der Waals surface area contributed by atoms with Gasteiger partial charge in [-0.2, -0.15) is 4.31 Å². The van der Waals surface area contributed by atoms with Gasteiger partial charge in [0.2, 0.25) is 15.9 Å². The van der Waals surface area contributed by atoms with Crippen LogP contribution in [0.2, 0.25) is 0 Å². The van der Waals surface area contributed by atoms with Gasteiger partial charge in [0, 0.05) is 45.2 Å². The monoisotopic (exact) mass is 347 g/mol. The standard InChI is InChI=1S/C15H29N3O4S/c1-23(20,21)18(14-4-2-3-5-14)8-6-15(19)16-7-9-17-10-12-22-13-11-17/h14H,2-13H2,1H3,(H,16,19). The van der Waals surface area contributed by atoms with Crippen molar-refractivity contribution in [2.45, 2.75) is 38.1 Å². The van der Waals surface area contributed by atoms with E-state index in [0.717, 1.165) is 58.5 Å². The Morgan fingerprint density at radius 3 is 2.52 bits per heavy atom. The van der Waals surface area contributed by atoms with Gasteiger partial charge in [0.05, 0.1) is 19.5 Å². The summed E-state index contributed by atoms with van der Waals surface area (Å²) in [5.41, 5.74) is 0. The lowest BCUT2D eigenvalue weighted by atomic mass is 10.2. The third-order valence-corrected chi connectivity index (χ3v) is 5.90. The maximum absolute atomic E-state index is 12.0. The Morgan fingerprint density at radius 2 is 1.91 bits per heavy atom. The fourth-order valence-electron chi connectivity index (χ4n) is 3.29. The van der Waals surface area contributed by atoms with Crippen molar-refractivity contribution in [1.82, 2.24) is 14.5 Å². The Balaban J connectivity index is 1.68. The molecule has 0 bridgehead atoms. The van der Waals surface area contributed by atoms with Crippen LogP contribution in [0.15, 0.2) is 0 Å². The number of amides is 1. The van der Waals surface area contributed by atoms with Crippen molar-refractivity contribution in [1.29, 1.82) is 0 Å². The summed E-state index contributed by atoms with van der Waals surface area (Å²) in [6.07, 6.45) is 5.43. The molecule has 1 aliphatic heterocycles. The minimum absolute atomic E-state index is 0.0751. The Kier molecular flexibility index (Phi) is 7.26. The smallest absolute Gasteiger partial charge is 0.221 e. The predicted octanol–water partition coefficient (Wildman–Crippen LogP) is 0.0291. The molecule has 2 aliphatic rings. The SMILES string of the molecule is CS(=O)(=O)N(CCC(=O)NCCN1CCOCC1)C1CCCC1. The summed E-state index contributed by atoms with van der Waals surface area (Å²) in [6, 6.07) is 0.0751. The molecule has 0 unspecified atom stereocenters. The highest BCUT2D eigenvalue weighted by Gasteiger charge is 2.29. The molecule has 1 heterocycles. The molecule has 0 spiro atoms. The molecule has 2 fully saturated rings. The molecule has 0 aromatic heterocycles. The van der Waals surface area contributed by atoms with E-state index in [-0.39, 0.29) is 24.9 Å². The van der Waals surface area contributed by atoms with Crippen LogP contribution in [0.3, 0.4) is 0 Å². The van der Waals surface area contributed by atoms with Gasteiger partial charge >= 0.3 is 0 Å². The second-order valence-corrected chi connectivity index (χ2v) is 8.30. The van der Waals surface area contributed by atoms with Gasteiger partial charge in [-0.3, -0.25) is 9.69 Å². The molecule has 0 aromatic carbocycles. The molecular weight excluding hydrogens is 318 g/mol. The fraction of sp³-hybridized carbons (Fsp3) is 0.933. The average Bonchev–Trinajstić information content (AvgIpc) is 3.01. The van der Waals surface area contributed by atoms with E-state index in [1.54, 1.807) is 0 Å². The first-order valence-electron chi connectivity index (χ1n) is 8.50. The van der Waals surface area contributed by atoms with Crippen LogP contribution < -0.4 is 5.32 Å². The van der Waals surface area contributed by atoms with Crippen LogP contribution in [0.25, 0.3) is 0 Å². The molecular formula is C15H29N3O4S. The van der Waals surface area contributed by atoms with Crippen LogP contribution in [0.1, 0.15) is 32.1 Å². The molecule has 1 N–H and O–H groups in total. The number of ether oxygens (including phenoxy) is 1. The van der Waals surface area contributed by atoms with Gasteiger partial charge in [-0.05, 0) is 12.8 Å². The Morgan fingerprint density at radius 1 is 1.26 bits per heavy atom. The normalized spacial score (nSPS) is 21.0. The van der Waals surface area contributed by atoms with E-state index in [9.17, 15) is 13.2 Å². The molecule has 23 heavy (non-hydrogen) atoms. The minimum Gasteiger partial charge on any atom is -0.379 e. The predicted molar refractivity (Wildman–Crippen MR) is 88.7 cm³/mol. The van der Waals surface area contributed by atoms with Crippen LogP contribution in [-0.2, 0) is 19.6 Å². The second kappa shape index (κ2) is 8.96. The van der Waals surface area contributed by atoms with Gasteiger partial charge in [0.25, 0.3) is 0 Å². The highest BCUT2D eigenvalue weighted by Crippen LogP contribution is 2.25. The zero-order valence-corrected chi connectivity index (χ0v) is 14.8. The number of sulfonamides is 1. The van der Waals surface area contributed by atoms with Gasteiger partial charge in [-0.25, -0.2) is 8.42 Å². The van der Waals surface area contributed by atoms with Crippen molar-refractivity contribution >= 4 is 15.9 Å². The quantitative estimate of drug-likeness (QED) is 0.670. The number of nitrogens with zero attached hydrogens (tertiary/aromatic N) is 2. The molecule has 1 aliphatic carbocycles. The van der Waals surface area contributed by atoms with Crippen LogP contribution in [0, 0.1) is 0 Å². The molecule has 0 aromatic rings. The maximum atomic E-state index is 12.0. The highest BCUT2D eigenvalue weighted by atomic mass is 32.2. The summed E-state index contributed by atoms with van der Waals surface area (Å²) in [5.74, 6) is -0.0788. The Hall–Kier alpha value is -0.700. The Bertz CT molecular complexity index is 471. The number of hydrogen-bond acceptors (Lipinski definition) is 5. The van der Waals surface area contributed by atoms with E-state index in [0.29, 0.717) is 6.54 Å². The molecule has 1 saturated carbocycles. The topological polar surface area (TPSA) is 79.0 Å². The average molecular weight is 347 g/mol. The first-order chi connectivity index (χ1) is 11.0. The van der Waals surface area contributed by atoms with Crippen molar-refractivity contribution in [3.8, 4) is 0 Å². The third-order valence-electron chi connectivity index (χ3n) is 4.57. The molecule has 7 nitrogen and oxygen atoms in total. The largest absolute Gasteiger partial charge is 0.379 e. The first-order valence-corrected chi connectivity index (χ1v) is 10.4. The number of rotatable bonds is 8. The zero-order chi connectivity index (χ0) is 16.7. The van der Waals surface area contributed by atoms with Crippen molar-refractivity contribution in [3.05, 3.63) is 0 Å². The van der Waals surface area contributed by atoms with Crippen molar-refractivity contribution in [2.24, 2.45) is 0 Å². The van der Waals surface area contributed by atoms with Crippen LogP contribution in [0.4, 0.5) is 0 Å². The maximum Gasteiger partial charge on any atom is 0.221 e. The van der Waals surface area contributed by atoms with Crippen LogP contribution >= 0.6 is 0 Å². The van der Waals surface area contributed by atoms with Crippen LogP contribution in [0.5, 0.6) is 0 Å². The zero-order valence-electron chi connectivity index (χ0n) is 14.0. The number of morpholine rings is 1. The van der Waals surface area contributed by atoms with E-state index >= 15 is 0 Å². The minimum atomic E-state index is -3.25. The molecule has 1 saturated heterocycles.